The van der Waals surface area contributed by atoms with Gasteiger partial charge in [-0.05, 0) is 19.1 Å². The van der Waals surface area contributed by atoms with Crippen molar-refractivity contribution in [1.82, 2.24) is 9.38 Å². The van der Waals surface area contributed by atoms with E-state index in [9.17, 15) is 9.90 Å². The van der Waals surface area contributed by atoms with Gasteiger partial charge in [0.15, 0.2) is 6.10 Å². The first-order chi connectivity index (χ1) is 10.7. The van der Waals surface area contributed by atoms with E-state index in [1.54, 1.807) is 17.5 Å². The number of carbonyl (C=O) groups is 1. The van der Waals surface area contributed by atoms with E-state index in [1.165, 1.54) is 0 Å². The third-order valence-corrected chi connectivity index (χ3v) is 3.38. The number of benzene rings is 1. The molecule has 22 heavy (non-hydrogen) atoms. The highest BCUT2D eigenvalue weighted by atomic mass is 16.5. The zero-order valence-electron chi connectivity index (χ0n) is 12.1. The molecule has 0 fully saturated rings. The summed E-state index contributed by atoms with van der Waals surface area (Å²) < 4.78 is 6.65. The van der Waals surface area contributed by atoms with Crippen molar-refractivity contribution in [2.45, 2.75) is 13.0 Å². The molecule has 2 heterocycles. The zero-order chi connectivity index (χ0) is 15.5. The molecular formula is C17H16N2O3. The Hall–Kier alpha value is -2.66. The summed E-state index contributed by atoms with van der Waals surface area (Å²) in [5.74, 6) is -0.676. The van der Waals surface area contributed by atoms with Crippen LogP contribution < -0.4 is 0 Å². The summed E-state index contributed by atoms with van der Waals surface area (Å²) in [6.45, 7) is 1.92. The van der Waals surface area contributed by atoms with Crippen molar-refractivity contribution in [3.8, 4) is 11.3 Å². The highest BCUT2D eigenvalue weighted by molar-refractivity contribution is 5.80. The van der Waals surface area contributed by atoms with Crippen molar-refractivity contribution in [2.75, 3.05) is 6.61 Å². The molecule has 3 rings (SSSR count). The van der Waals surface area contributed by atoms with Crippen LogP contribution in [0.1, 0.15) is 18.7 Å². The van der Waals surface area contributed by atoms with Crippen molar-refractivity contribution in [2.24, 2.45) is 0 Å². The number of carbonyl (C=O) groups excluding carboxylic acids is 1. The normalized spacial score (nSPS) is 12.3. The third kappa shape index (κ3) is 2.46. The van der Waals surface area contributed by atoms with Crippen molar-refractivity contribution in [3.63, 3.8) is 0 Å². The Kier molecular flexibility index (Phi) is 3.89. The zero-order valence-corrected chi connectivity index (χ0v) is 12.1. The number of aromatic nitrogens is 2. The lowest BCUT2D eigenvalue weighted by molar-refractivity contribution is -0.153. The molecule has 0 aliphatic carbocycles. The number of fused-ring (bicyclic) bond motifs is 1. The van der Waals surface area contributed by atoms with Crippen LogP contribution in [-0.2, 0) is 9.53 Å². The van der Waals surface area contributed by atoms with Crippen LogP contribution in [0.2, 0.25) is 0 Å². The summed E-state index contributed by atoms with van der Waals surface area (Å²) in [6, 6.07) is 15.0. The molecule has 0 radical (unpaired) electrons. The molecule has 0 bridgehead atoms. The van der Waals surface area contributed by atoms with Gasteiger partial charge in [0.05, 0.1) is 18.0 Å². The molecular weight excluding hydrogens is 280 g/mol. The van der Waals surface area contributed by atoms with Crippen LogP contribution in [0, 0.1) is 0 Å². The van der Waals surface area contributed by atoms with E-state index in [4.69, 9.17) is 4.74 Å². The molecule has 2 aromatic heterocycles. The number of aliphatic hydroxyl groups is 1. The second-order valence-corrected chi connectivity index (χ2v) is 4.80. The Morgan fingerprint density at radius 1 is 1.23 bits per heavy atom. The van der Waals surface area contributed by atoms with Crippen LogP contribution in [0.15, 0.2) is 54.7 Å². The Bertz CT molecular complexity index is 796. The predicted octanol–water partition coefficient (Wildman–Crippen LogP) is 2.60. The van der Waals surface area contributed by atoms with Crippen molar-refractivity contribution in [3.05, 3.63) is 60.4 Å². The first-order valence-corrected chi connectivity index (χ1v) is 7.09. The Balaban J connectivity index is 2.20. The van der Waals surface area contributed by atoms with Gasteiger partial charge in [-0.2, -0.15) is 0 Å². The van der Waals surface area contributed by atoms with Crippen LogP contribution in [0.4, 0.5) is 0 Å². The maximum absolute atomic E-state index is 12.0. The molecule has 5 nitrogen and oxygen atoms in total. The van der Waals surface area contributed by atoms with Crippen LogP contribution in [-0.4, -0.2) is 27.1 Å². The Morgan fingerprint density at radius 3 is 2.68 bits per heavy atom. The minimum atomic E-state index is -1.38. The molecule has 0 aliphatic rings. The topological polar surface area (TPSA) is 63.8 Å². The highest BCUT2D eigenvalue weighted by Gasteiger charge is 2.27. The van der Waals surface area contributed by atoms with Crippen LogP contribution >= 0.6 is 0 Å². The summed E-state index contributed by atoms with van der Waals surface area (Å²) >= 11 is 0. The number of pyridine rings is 1. The Labute approximate surface area is 127 Å². The number of rotatable bonds is 4. The lowest BCUT2D eigenvalue weighted by Crippen LogP contribution is -2.17. The summed E-state index contributed by atoms with van der Waals surface area (Å²) in [5, 5.41) is 10.4. The van der Waals surface area contributed by atoms with Crippen LogP contribution in [0.3, 0.4) is 0 Å². The van der Waals surface area contributed by atoms with Gasteiger partial charge in [0, 0.05) is 11.8 Å². The number of hydrogen-bond donors (Lipinski definition) is 1. The molecule has 1 unspecified atom stereocenters. The summed E-state index contributed by atoms with van der Waals surface area (Å²) in [6.07, 6.45) is 0.388. The maximum Gasteiger partial charge on any atom is 0.341 e. The van der Waals surface area contributed by atoms with Crippen molar-refractivity contribution in [1.29, 1.82) is 0 Å². The average molecular weight is 296 g/mol. The van der Waals surface area contributed by atoms with E-state index in [0.717, 1.165) is 5.56 Å². The minimum Gasteiger partial charge on any atom is -0.464 e. The Morgan fingerprint density at radius 2 is 1.95 bits per heavy atom. The molecule has 5 heteroatoms. The maximum atomic E-state index is 12.0. The SMILES string of the molecule is CCOC(=O)C(O)c1c(-c2ccccc2)nc2ccccn12. The van der Waals surface area contributed by atoms with E-state index in [0.29, 0.717) is 17.0 Å². The molecule has 112 valence electrons. The fourth-order valence-electron chi connectivity index (χ4n) is 2.42. The summed E-state index contributed by atoms with van der Waals surface area (Å²) in [7, 11) is 0. The molecule has 1 N–H and O–H groups in total. The largest absolute Gasteiger partial charge is 0.464 e. The number of imidazole rings is 1. The highest BCUT2D eigenvalue weighted by Crippen LogP contribution is 2.29. The lowest BCUT2D eigenvalue weighted by atomic mass is 10.1. The van der Waals surface area contributed by atoms with Gasteiger partial charge < -0.3 is 14.2 Å². The van der Waals surface area contributed by atoms with Crippen molar-refractivity contribution < 1.29 is 14.6 Å². The average Bonchev–Trinajstić information content (AvgIpc) is 2.94. The molecule has 0 saturated heterocycles. The second-order valence-electron chi connectivity index (χ2n) is 4.80. The van der Waals surface area contributed by atoms with E-state index in [1.807, 2.05) is 48.5 Å². The van der Waals surface area contributed by atoms with Gasteiger partial charge in [-0.15, -0.1) is 0 Å². The fourth-order valence-corrected chi connectivity index (χ4v) is 2.42. The summed E-state index contributed by atoms with van der Waals surface area (Å²) in [5.41, 5.74) is 2.50. The van der Waals surface area contributed by atoms with Crippen LogP contribution in [0.5, 0.6) is 0 Å². The molecule has 1 aromatic carbocycles. The smallest absolute Gasteiger partial charge is 0.341 e. The molecule has 3 aromatic rings. The van der Waals surface area contributed by atoms with E-state index >= 15 is 0 Å². The van der Waals surface area contributed by atoms with Gasteiger partial charge in [-0.3, -0.25) is 0 Å². The van der Waals surface area contributed by atoms with Gasteiger partial charge in [0.1, 0.15) is 5.65 Å². The van der Waals surface area contributed by atoms with E-state index in [-0.39, 0.29) is 6.61 Å². The molecule has 0 aliphatic heterocycles. The number of ether oxygens (including phenoxy) is 1. The van der Waals surface area contributed by atoms with Gasteiger partial charge in [-0.25, -0.2) is 9.78 Å². The first-order valence-electron chi connectivity index (χ1n) is 7.09. The van der Waals surface area contributed by atoms with Gasteiger partial charge in [0.25, 0.3) is 0 Å². The molecule has 0 saturated carbocycles. The second kappa shape index (κ2) is 5.99. The number of hydrogen-bond acceptors (Lipinski definition) is 4. The van der Waals surface area contributed by atoms with Gasteiger partial charge in [-0.1, -0.05) is 36.4 Å². The summed E-state index contributed by atoms with van der Waals surface area (Å²) in [4.78, 5) is 16.5. The van der Waals surface area contributed by atoms with Crippen molar-refractivity contribution >= 4 is 11.6 Å². The fraction of sp³-hybridized carbons (Fsp3) is 0.176. The van der Waals surface area contributed by atoms with Gasteiger partial charge in [0.2, 0.25) is 0 Å². The minimum absolute atomic E-state index is 0.216. The number of aliphatic hydroxyl groups excluding tert-OH is 1. The quantitative estimate of drug-likeness (QED) is 0.752. The monoisotopic (exact) mass is 296 g/mol. The predicted molar refractivity (Wildman–Crippen MR) is 82.2 cm³/mol. The van der Waals surface area contributed by atoms with E-state index in [2.05, 4.69) is 4.98 Å². The standard InChI is InChI=1S/C17H16N2O3/c1-2-22-17(21)16(20)15-14(12-8-4-3-5-9-12)18-13-10-6-7-11-19(13)15/h3-11,16,20H,2H2,1H3. The third-order valence-electron chi connectivity index (χ3n) is 3.38. The number of nitrogens with zero attached hydrogens (tertiary/aromatic N) is 2. The van der Waals surface area contributed by atoms with Crippen LogP contribution in [0.25, 0.3) is 16.9 Å². The molecule has 0 spiro atoms. The molecule has 1 atom stereocenters. The number of esters is 1. The lowest BCUT2D eigenvalue weighted by Gasteiger charge is -2.11. The first kappa shape index (κ1) is 14.3. The molecule has 0 amide bonds. The van der Waals surface area contributed by atoms with E-state index < -0.39 is 12.1 Å². The van der Waals surface area contributed by atoms with Gasteiger partial charge >= 0.3 is 5.97 Å².